The summed E-state index contributed by atoms with van der Waals surface area (Å²) >= 11 is 5.96. The highest BCUT2D eigenvalue weighted by Gasteiger charge is 2.38. The fourth-order valence-corrected chi connectivity index (χ4v) is 3.34. The van der Waals surface area contributed by atoms with E-state index < -0.39 is 40.7 Å². The predicted octanol–water partition coefficient (Wildman–Crippen LogP) is 5.16. The van der Waals surface area contributed by atoms with Gasteiger partial charge in [0.15, 0.2) is 0 Å². The van der Waals surface area contributed by atoms with Crippen molar-refractivity contribution in [3.63, 3.8) is 0 Å². The first-order valence-electron chi connectivity index (χ1n) is 9.09. The van der Waals surface area contributed by atoms with Crippen LogP contribution in [0.1, 0.15) is 26.3 Å². The van der Waals surface area contributed by atoms with E-state index >= 15 is 0 Å². The van der Waals surface area contributed by atoms with Crippen LogP contribution in [0.4, 0.5) is 17.6 Å². The molecule has 33 heavy (non-hydrogen) atoms. The molecule has 0 aromatic heterocycles. The molecule has 3 aromatic carbocycles. The molecule has 0 aliphatic heterocycles. The highest BCUT2D eigenvalue weighted by Crippen LogP contribution is 2.44. The molecule has 3 aromatic rings. The number of rotatable bonds is 6. The number of carbonyl (C=O) groups excluding carboxylic acids is 2. The Morgan fingerprint density at radius 2 is 1.61 bits per heavy atom. The van der Waals surface area contributed by atoms with E-state index in [1.54, 1.807) is 0 Å². The number of hydrogen-bond donors (Lipinski definition) is 2. The molecule has 4 N–H and O–H groups in total. The van der Waals surface area contributed by atoms with Gasteiger partial charge in [-0.2, -0.15) is 13.2 Å². The summed E-state index contributed by atoms with van der Waals surface area (Å²) in [5, 5.41) is -0.263. The van der Waals surface area contributed by atoms with Crippen LogP contribution in [-0.2, 0) is 6.18 Å². The van der Waals surface area contributed by atoms with Crippen molar-refractivity contribution < 1.29 is 36.6 Å². The van der Waals surface area contributed by atoms with E-state index in [1.165, 1.54) is 25.3 Å². The van der Waals surface area contributed by atoms with E-state index in [0.717, 1.165) is 24.3 Å². The van der Waals surface area contributed by atoms with Crippen LogP contribution in [-0.4, -0.2) is 18.9 Å². The van der Waals surface area contributed by atoms with Gasteiger partial charge in [0.05, 0.1) is 28.8 Å². The Kier molecular flexibility index (Phi) is 6.50. The molecule has 2 amide bonds. The Bertz CT molecular complexity index is 1260. The van der Waals surface area contributed by atoms with E-state index in [9.17, 15) is 27.2 Å². The normalized spacial score (nSPS) is 11.2. The standard InChI is InChI=1S/C22H15ClF4N2O4/c1-32-16-6-2-10(8-13(16)20(28)30)12-4-5-14(22(25,26)27)18(21(29)31)19(12)33-17-7-3-11(24)9-15(17)23/h2-9H,1H3,(H2,28,30)(H2,29,31). The van der Waals surface area contributed by atoms with E-state index in [4.69, 9.17) is 32.5 Å². The van der Waals surface area contributed by atoms with Crippen molar-refractivity contribution in [2.24, 2.45) is 11.5 Å². The number of benzene rings is 3. The first-order chi connectivity index (χ1) is 15.4. The van der Waals surface area contributed by atoms with Crippen LogP contribution in [0.3, 0.4) is 0 Å². The Morgan fingerprint density at radius 1 is 0.939 bits per heavy atom. The average Bonchev–Trinajstić information content (AvgIpc) is 2.73. The number of nitrogens with two attached hydrogens (primary N) is 2. The lowest BCUT2D eigenvalue weighted by Crippen LogP contribution is -2.20. The van der Waals surface area contributed by atoms with Crippen molar-refractivity contribution in [1.29, 1.82) is 0 Å². The fraction of sp³-hybridized carbons (Fsp3) is 0.0909. The van der Waals surface area contributed by atoms with Gasteiger partial charge in [-0.25, -0.2) is 4.39 Å². The van der Waals surface area contributed by atoms with Crippen molar-refractivity contribution in [2.75, 3.05) is 7.11 Å². The largest absolute Gasteiger partial charge is 0.496 e. The second-order valence-electron chi connectivity index (χ2n) is 6.68. The number of carbonyl (C=O) groups is 2. The SMILES string of the molecule is COc1ccc(-c2ccc(C(F)(F)F)c(C(N)=O)c2Oc2ccc(F)cc2Cl)cc1C(N)=O. The van der Waals surface area contributed by atoms with Crippen LogP contribution in [0, 0.1) is 5.82 Å². The van der Waals surface area contributed by atoms with Crippen molar-refractivity contribution in [2.45, 2.75) is 6.18 Å². The highest BCUT2D eigenvalue weighted by atomic mass is 35.5. The van der Waals surface area contributed by atoms with Crippen molar-refractivity contribution in [1.82, 2.24) is 0 Å². The van der Waals surface area contributed by atoms with Gasteiger partial charge in [0.1, 0.15) is 23.1 Å². The Labute approximate surface area is 189 Å². The van der Waals surface area contributed by atoms with Crippen molar-refractivity contribution in [3.05, 3.63) is 76.1 Å². The summed E-state index contributed by atoms with van der Waals surface area (Å²) in [7, 11) is 1.30. The molecule has 0 aliphatic carbocycles. The van der Waals surface area contributed by atoms with E-state index in [0.29, 0.717) is 6.07 Å². The summed E-state index contributed by atoms with van der Waals surface area (Å²) in [4.78, 5) is 23.9. The zero-order valence-electron chi connectivity index (χ0n) is 16.8. The number of alkyl halides is 3. The minimum Gasteiger partial charge on any atom is -0.496 e. The fourth-order valence-electron chi connectivity index (χ4n) is 3.13. The molecule has 3 rings (SSSR count). The Morgan fingerprint density at radius 3 is 2.15 bits per heavy atom. The zero-order valence-corrected chi connectivity index (χ0v) is 17.6. The van der Waals surface area contributed by atoms with Gasteiger partial charge >= 0.3 is 6.18 Å². The van der Waals surface area contributed by atoms with Crippen LogP contribution < -0.4 is 20.9 Å². The molecule has 0 saturated carbocycles. The molecule has 0 atom stereocenters. The Balaban J connectivity index is 2.35. The maximum atomic E-state index is 13.6. The molecular formula is C22H15ClF4N2O4. The molecule has 0 unspecified atom stereocenters. The molecular weight excluding hydrogens is 468 g/mol. The van der Waals surface area contributed by atoms with Gasteiger partial charge in [-0.3, -0.25) is 9.59 Å². The third-order valence-corrected chi connectivity index (χ3v) is 4.89. The molecule has 0 bridgehead atoms. The summed E-state index contributed by atoms with van der Waals surface area (Å²) in [5.74, 6) is -3.71. The third kappa shape index (κ3) is 4.85. The second kappa shape index (κ2) is 8.99. The number of hydrogen-bond acceptors (Lipinski definition) is 4. The maximum absolute atomic E-state index is 13.6. The lowest BCUT2D eigenvalue weighted by molar-refractivity contribution is -0.138. The van der Waals surface area contributed by atoms with Crippen LogP contribution >= 0.6 is 11.6 Å². The summed E-state index contributed by atoms with van der Waals surface area (Å²) in [6.45, 7) is 0. The van der Waals surface area contributed by atoms with Gasteiger partial charge in [-0.15, -0.1) is 0 Å². The molecule has 0 spiro atoms. The molecule has 0 saturated heterocycles. The van der Waals surface area contributed by atoms with E-state index in [1.807, 2.05) is 0 Å². The smallest absolute Gasteiger partial charge is 0.417 e. The van der Waals surface area contributed by atoms with Gasteiger partial charge < -0.3 is 20.9 Å². The topological polar surface area (TPSA) is 105 Å². The lowest BCUT2D eigenvalue weighted by atomic mass is 9.95. The number of primary amides is 2. The van der Waals surface area contributed by atoms with Crippen LogP contribution in [0.25, 0.3) is 11.1 Å². The number of ether oxygens (including phenoxy) is 2. The van der Waals surface area contributed by atoms with Gasteiger partial charge in [0.25, 0.3) is 11.8 Å². The quantitative estimate of drug-likeness (QED) is 0.473. The zero-order chi connectivity index (χ0) is 24.5. The molecule has 6 nitrogen and oxygen atoms in total. The lowest BCUT2D eigenvalue weighted by Gasteiger charge is -2.20. The summed E-state index contributed by atoms with van der Waals surface area (Å²) in [6, 6.07) is 8.66. The molecule has 0 radical (unpaired) electrons. The number of amides is 2. The van der Waals surface area contributed by atoms with E-state index in [-0.39, 0.29) is 33.2 Å². The molecule has 0 heterocycles. The monoisotopic (exact) mass is 482 g/mol. The van der Waals surface area contributed by atoms with Crippen LogP contribution in [0.5, 0.6) is 17.2 Å². The van der Waals surface area contributed by atoms with Gasteiger partial charge in [0, 0.05) is 5.56 Å². The molecule has 11 heteroatoms. The number of methoxy groups -OCH3 is 1. The minimum absolute atomic E-state index is 0.0395. The maximum Gasteiger partial charge on any atom is 0.417 e. The van der Waals surface area contributed by atoms with Crippen LogP contribution in [0.2, 0.25) is 5.02 Å². The summed E-state index contributed by atoms with van der Waals surface area (Å²) in [6.07, 6.45) is -4.95. The first kappa shape index (κ1) is 23.9. The van der Waals surface area contributed by atoms with Crippen molar-refractivity contribution >= 4 is 23.4 Å². The molecule has 172 valence electrons. The van der Waals surface area contributed by atoms with Crippen LogP contribution in [0.15, 0.2) is 48.5 Å². The number of halogens is 5. The van der Waals surface area contributed by atoms with E-state index in [2.05, 4.69) is 0 Å². The van der Waals surface area contributed by atoms with Crippen molar-refractivity contribution in [3.8, 4) is 28.4 Å². The van der Waals surface area contributed by atoms with Gasteiger partial charge in [-0.1, -0.05) is 17.7 Å². The Hall–Kier alpha value is -3.79. The summed E-state index contributed by atoms with van der Waals surface area (Å²) < 4.78 is 65.0. The second-order valence-corrected chi connectivity index (χ2v) is 7.09. The van der Waals surface area contributed by atoms with Gasteiger partial charge in [-0.05, 0) is 48.0 Å². The summed E-state index contributed by atoms with van der Waals surface area (Å²) in [5.41, 5.74) is 8.39. The van der Waals surface area contributed by atoms with Gasteiger partial charge in [0.2, 0.25) is 0 Å². The third-order valence-electron chi connectivity index (χ3n) is 4.59. The first-order valence-corrected chi connectivity index (χ1v) is 9.47. The average molecular weight is 483 g/mol. The molecule has 0 aliphatic rings. The molecule has 0 fully saturated rings. The highest BCUT2D eigenvalue weighted by molar-refractivity contribution is 6.32. The predicted molar refractivity (Wildman–Crippen MR) is 112 cm³/mol. The minimum atomic E-state index is -4.95.